The second-order valence-corrected chi connectivity index (χ2v) is 4.87. The molecule has 0 radical (unpaired) electrons. The summed E-state index contributed by atoms with van der Waals surface area (Å²) in [5.74, 6) is 1.06. The first kappa shape index (κ1) is 13.4. The van der Waals surface area contributed by atoms with Crippen LogP contribution < -0.4 is 5.32 Å². The monoisotopic (exact) mass is 267 g/mol. The maximum absolute atomic E-state index is 11.8. The molecule has 4 heteroatoms. The fourth-order valence-corrected chi connectivity index (χ4v) is 2.23. The van der Waals surface area contributed by atoms with E-state index in [2.05, 4.69) is 5.32 Å². The van der Waals surface area contributed by atoms with Gasteiger partial charge in [0, 0.05) is 31.2 Å². The Labute approximate surface area is 112 Å². The molecule has 2 rings (SSSR count). The number of benzene rings is 1. The van der Waals surface area contributed by atoms with Crippen molar-refractivity contribution in [3.8, 4) is 0 Å². The fraction of sp³-hybridized carbons (Fsp3) is 0.500. The highest BCUT2D eigenvalue weighted by Gasteiger charge is 2.15. The third kappa shape index (κ3) is 3.72. The molecule has 98 valence electrons. The molecule has 1 unspecified atom stereocenters. The van der Waals surface area contributed by atoms with E-state index in [1.165, 1.54) is 0 Å². The standard InChI is InChI=1S/C14H18ClNO2/c15-9-11-1-3-13(4-2-11)14(17)16-7-5-12-6-8-18-10-12/h1-4,12H,5-10H2,(H,16,17). The van der Waals surface area contributed by atoms with E-state index in [1.807, 2.05) is 24.3 Å². The van der Waals surface area contributed by atoms with Crippen molar-refractivity contribution in [3.05, 3.63) is 35.4 Å². The van der Waals surface area contributed by atoms with Crippen molar-refractivity contribution < 1.29 is 9.53 Å². The Morgan fingerprint density at radius 3 is 2.78 bits per heavy atom. The number of nitrogens with one attached hydrogen (secondary N) is 1. The van der Waals surface area contributed by atoms with Gasteiger partial charge in [-0.05, 0) is 36.5 Å². The average molecular weight is 268 g/mol. The van der Waals surface area contributed by atoms with Gasteiger partial charge >= 0.3 is 0 Å². The van der Waals surface area contributed by atoms with Gasteiger partial charge < -0.3 is 10.1 Å². The molecule has 1 aliphatic rings. The zero-order valence-corrected chi connectivity index (χ0v) is 11.1. The average Bonchev–Trinajstić information content (AvgIpc) is 2.92. The molecule has 1 heterocycles. The lowest BCUT2D eigenvalue weighted by Gasteiger charge is -2.09. The van der Waals surface area contributed by atoms with E-state index in [9.17, 15) is 4.79 Å². The summed E-state index contributed by atoms with van der Waals surface area (Å²) in [6.07, 6.45) is 2.10. The van der Waals surface area contributed by atoms with Gasteiger partial charge in [0.05, 0.1) is 0 Å². The van der Waals surface area contributed by atoms with Crippen LogP contribution in [0.1, 0.15) is 28.8 Å². The third-order valence-electron chi connectivity index (χ3n) is 3.23. The Morgan fingerprint density at radius 1 is 1.39 bits per heavy atom. The predicted molar refractivity (Wildman–Crippen MR) is 71.9 cm³/mol. The van der Waals surface area contributed by atoms with Crippen LogP contribution in [0.25, 0.3) is 0 Å². The Bertz CT molecular complexity index is 385. The van der Waals surface area contributed by atoms with Crippen LogP contribution >= 0.6 is 11.6 Å². The molecule has 1 amide bonds. The van der Waals surface area contributed by atoms with E-state index >= 15 is 0 Å². The number of hydrogen-bond donors (Lipinski definition) is 1. The second-order valence-electron chi connectivity index (χ2n) is 4.60. The number of halogens is 1. The minimum Gasteiger partial charge on any atom is -0.381 e. The minimum atomic E-state index is -0.0185. The van der Waals surface area contributed by atoms with Gasteiger partial charge in [0.15, 0.2) is 0 Å². The summed E-state index contributed by atoms with van der Waals surface area (Å²) in [6, 6.07) is 7.39. The molecule has 1 fully saturated rings. The van der Waals surface area contributed by atoms with E-state index in [-0.39, 0.29) is 5.91 Å². The van der Waals surface area contributed by atoms with Gasteiger partial charge in [-0.15, -0.1) is 11.6 Å². The summed E-state index contributed by atoms with van der Waals surface area (Å²) in [6.45, 7) is 2.41. The smallest absolute Gasteiger partial charge is 0.251 e. The molecular weight excluding hydrogens is 250 g/mol. The maximum Gasteiger partial charge on any atom is 0.251 e. The van der Waals surface area contributed by atoms with Gasteiger partial charge in [0.2, 0.25) is 0 Å². The third-order valence-corrected chi connectivity index (χ3v) is 3.54. The highest BCUT2D eigenvalue weighted by atomic mass is 35.5. The summed E-state index contributed by atoms with van der Waals surface area (Å²) < 4.78 is 5.30. The van der Waals surface area contributed by atoms with Crippen LogP contribution in [0.2, 0.25) is 0 Å². The molecule has 1 N–H and O–H groups in total. The molecule has 0 bridgehead atoms. The zero-order chi connectivity index (χ0) is 12.8. The fourth-order valence-electron chi connectivity index (χ4n) is 2.05. The van der Waals surface area contributed by atoms with Crippen LogP contribution in [-0.2, 0) is 10.6 Å². The maximum atomic E-state index is 11.8. The Hall–Kier alpha value is -1.06. The normalized spacial score (nSPS) is 18.8. The van der Waals surface area contributed by atoms with E-state index in [0.29, 0.717) is 23.9 Å². The molecule has 0 aliphatic carbocycles. The summed E-state index contributed by atoms with van der Waals surface area (Å²) in [5, 5.41) is 2.94. The van der Waals surface area contributed by atoms with Gasteiger partial charge in [-0.25, -0.2) is 0 Å². The highest BCUT2D eigenvalue weighted by Crippen LogP contribution is 2.15. The first-order valence-electron chi connectivity index (χ1n) is 6.30. The Balaban J connectivity index is 1.76. The lowest BCUT2D eigenvalue weighted by Crippen LogP contribution is -2.26. The molecule has 1 aromatic rings. The van der Waals surface area contributed by atoms with Crippen LogP contribution in [0.15, 0.2) is 24.3 Å². The van der Waals surface area contributed by atoms with Crippen molar-refractivity contribution in [1.82, 2.24) is 5.32 Å². The van der Waals surface area contributed by atoms with Crippen molar-refractivity contribution in [3.63, 3.8) is 0 Å². The zero-order valence-electron chi connectivity index (χ0n) is 10.3. The summed E-state index contributed by atoms with van der Waals surface area (Å²) in [4.78, 5) is 11.8. The lowest BCUT2D eigenvalue weighted by molar-refractivity contribution is 0.0950. The van der Waals surface area contributed by atoms with Gasteiger partial charge in [-0.2, -0.15) is 0 Å². The second kappa shape index (κ2) is 6.76. The van der Waals surface area contributed by atoms with Gasteiger partial charge in [0.1, 0.15) is 0 Å². The van der Waals surface area contributed by atoms with Crippen LogP contribution in [0, 0.1) is 5.92 Å². The molecule has 1 saturated heterocycles. The van der Waals surface area contributed by atoms with E-state index in [1.54, 1.807) is 0 Å². The van der Waals surface area contributed by atoms with E-state index in [0.717, 1.165) is 31.6 Å². The topological polar surface area (TPSA) is 38.3 Å². The van der Waals surface area contributed by atoms with Gasteiger partial charge in [-0.3, -0.25) is 4.79 Å². The molecule has 0 spiro atoms. The largest absolute Gasteiger partial charge is 0.381 e. The SMILES string of the molecule is O=C(NCCC1CCOC1)c1ccc(CCl)cc1. The summed E-state index contributed by atoms with van der Waals surface area (Å²) in [7, 11) is 0. The Kier molecular flexibility index (Phi) is 5.02. The van der Waals surface area contributed by atoms with Gasteiger partial charge in [0.25, 0.3) is 5.91 Å². The molecule has 3 nitrogen and oxygen atoms in total. The minimum absolute atomic E-state index is 0.0185. The number of carbonyl (C=O) groups excluding carboxylic acids is 1. The van der Waals surface area contributed by atoms with Crippen LogP contribution in [0.5, 0.6) is 0 Å². The van der Waals surface area contributed by atoms with Crippen molar-refractivity contribution in [1.29, 1.82) is 0 Å². The number of ether oxygens (including phenoxy) is 1. The van der Waals surface area contributed by atoms with Crippen LogP contribution in [0.4, 0.5) is 0 Å². The first-order chi connectivity index (χ1) is 8.79. The summed E-state index contributed by atoms with van der Waals surface area (Å²) in [5.41, 5.74) is 1.71. The number of hydrogen-bond acceptors (Lipinski definition) is 2. The number of alkyl halides is 1. The van der Waals surface area contributed by atoms with Crippen molar-refractivity contribution >= 4 is 17.5 Å². The quantitative estimate of drug-likeness (QED) is 0.833. The van der Waals surface area contributed by atoms with Crippen molar-refractivity contribution in [2.24, 2.45) is 5.92 Å². The van der Waals surface area contributed by atoms with E-state index in [4.69, 9.17) is 16.3 Å². The predicted octanol–water partition coefficient (Wildman–Crippen LogP) is 2.58. The van der Waals surface area contributed by atoms with Crippen molar-refractivity contribution in [2.75, 3.05) is 19.8 Å². The van der Waals surface area contributed by atoms with Crippen LogP contribution in [0.3, 0.4) is 0 Å². The highest BCUT2D eigenvalue weighted by molar-refractivity contribution is 6.17. The first-order valence-corrected chi connectivity index (χ1v) is 6.84. The summed E-state index contributed by atoms with van der Waals surface area (Å²) >= 11 is 5.70. The number of carbonyl (C=O) groups is 1. The van der Waals surface area contributed by atoms with Crippen LogP contribution in [-0.4, -0.2) is 25.7 Å². The van der Waals surface area contributed by atoms with Gasteiger partial charge in [-0.1, -0.05) is 12.1 Å². The molecule has 0 aromatic heterocycles. The molecule has 1 aromatic carbocycles. The Morgan fingerprint density at radius 2 is 2.17 bits per heavy atom. The number of amides is 1. The molecule has 18 heavy (non-hydrogen) atoms. The molecule has 1 atom stereocenters. The number of rotatable bonds is 5. The molecule has 0 saturated carbocycles. The molecular formula is C14H18ClNO2. The molecule has 1 aliphatic heterocycles. The van der Waals surface area contributed by atoms with Crippen molar-refractivity contribution in [2.45, 2.75) is 18.7 Å². The lowest BCUT2D eigenvalue weighted by atomic mass is 10.1. The van der Waals surface area contributed by atoms with E-state index < -0.39 is 0 Å².